The van der Waals surface area contributed by atoms with E-state index in [-0.39, 0.29) is 11.1 Å². The van der Waals surface area contributed by atoms with Crippen molar-refractivity contribution in [2.45, 2.75) is 11.8 Å². The molecule has 6 heteroatoms. The fourth-order valence-corrected chi connectivity index (χ4v) is 2.31. The molecular formula is C16H11BrF4O. The Hall–Kier alpha value is -1.66. The van der Waals surface area contributed by atoms with Gasteiger partial charge in [0.1, 0.15) is 5.82 Å². The topological polar surface area (TPSA) is 20.2 Å². The van der Waals surface area contributed by atoms with Crippen molar-refractivity contribution in [3.8, 4) is 0 Å². The Morgan fingerprint density at radius 1 is 1.00 bits per heavy atom. The zero-order valence-electron chi connectivity index (χ0n) is 11.1. The van der Waals surface area contributed by atoms with Gasteiger partial charge in [-0.15, -0.1) is 0 Å². The molecule has 0 spiro atoms. The Balaban J connectivity index is 2.47. The van der Waals surface area contributed by atoms with E-state index in [1.807, 2.05) is 0 Å². The Morgan fingerprint density at radius 2 is 1.68 bits per heavy atom. The van der Waals surface area contributed by atoms with Crippen LogP contribution in [0.1, 0.15) is 11.1 Å². The van der Waals surface area contributed by atoms with Crippen LogP contribution >= 0.6 is 15.9 Å². The molecule has 2 aromatic carbocycles. The van der Waals surface area contributed by atoms with Crippen LogP contribution in [0.2, 0.25) is 0 Å². The molecule has 0 aromatic heterocycles. The van der Waals surface area contributed by atoms with Gasteiger partial charge in [0.15, 0.2) is 0 Å². The van der Waals surface area contributed by atoms with E-state index in [2.05, 4.69) is 15.9 Å². The normalized spacial score (nSPS) is 15.0. The number of rotatable bonds is 3. The third-order valence-electron chi connectivity index (χ3n) is 3.06. The van der Waals surface area contributed by atoms with Gasteiger partial charge >= 0.3 is 6.18 Å². The maximum absolute atomic E-state index is 13.3. The van der Waals surface area contributed by atoms with Crippen LogP contribution in [0, 0.1) is 5.82 Å². The summed E-state index contributed by atoms with van der Waals surface area (Å²) in [6, 6.07) is 10.4. The molecule has 0 radical (unpaired) electrons. The van der Waals surface area contributed by atoms with Gasteiger partial charge in [-0.1, -0.05) is 46.3 Å². The molecule has 2 aromatic rings. The summed E-state index contributed by atoms with van der Waals surface area (Å²) in [5, 5.41) is 10.1. The van der Waals surface area contributed by atoms with Gasteiger partial charge in [0.05, 0.1) is 0 Å². The second-order valence-corrected chi connectivity index (χ2v) is 5.58. The predicted molar refractivity (Wildman–Crippen MR) is 79.5 cm³/mol. The smallest absolute Gasteiger partial charge is 0.373 e. The molecule has 2 rings (SSSR count). The molecule has 0 heterocycles. The molecular weight excluding hydrogens is 364 g/mol. The quantitative estimate of drug-likeness (QED) is 0.745. The summed E-state index contributed by atoms with van der Waals surface area (Å²) in [7, 11) is 0. The maximum Gasteiger partial charge on any atom is 0.425 e. The molecule has 0 fully saturated rings. The number of alkyl halides is 3. The first-order valence-electron chi connectivity index (χ1n) is 6.22. The molecule has 0 bridgehead atoms. The second-order valence-electron chi connectivity index (χ2n) is 4.66. The highest BCUT2D eigenvalue weighted by atomic mass is 79.9. The molecule has 1 nitrogen and oxygen atoms in total. The van der Waals surface area contributed by atoms with Crippen molar-refractivity contribution in [1.82, 2.24) is 0 Å². The Kier molecular flexibility index (Phi) is 4.72. The van der Waals surface area contributed by atoms with E-state index in [1.165, 1.54) is 36.4 Å². The van der Waals surface area contributed by atoms with Crippen molar-refractivity contribution in [2.75, 3.05) is 0 Å². The minimum Gasteiger partial charge on any atom is -0.373 e. The lowest BCUT2D eigenvalue weighted by Crippen LogP contribution is -2.40. The van der Waals surface area contributed by atoms with Crippen molar-refractivity contribution >= 4 is 22.0 Å². The minimum atomic E-state index is -4.92. The largest absolute Gasteiger partial charge is 0.425 e. The minimum absolute atomic E-state index is 0.220. The van der Waals surface area contributed by atoms with Crippen LogP contribution in [0.25, 0.3) is 6.08 Å². The van der Waals surface area contributed by atoms with Crippen LogP contribution in [0.15, 0.2) is 59.1 Å². The molecule has 0 aliphatic carbocycles. The van der Waals surface area contributed by atoms with Crippen molar-refractivity contribution in [1.29, 1.82) is 0 Å². The molecule has 1 atom stereocenters. The van der Waals surface area contributed by atoms with Gasteiger partial charge in [-0.2, -0.15) is 13.2 Å². The number of hydrogen-bond donors (Lipinski definition) is 1. The van der Waals surface area contributed by atoms with Gasteiger partial charge in [-0.25, -0.2) is 4.39 Å². The van der Waals surface area contributed by atoms with Gasteiger partial charge < -0.3 is 5.11 Å². The average Bonchev–Trinajstić information content (AvgIpc) is 2.43. The summed E-state index contributed by atoms with van der Waals surface area (Å²) in [5.41, 5.74) is -3.27. The van der Waals surface area contributed by atoms with E-state index >= 15 is 0 Å². The third kappa shape index (κ3) is 3.56. The van der Waals surface area contributed by atoms with E-state index < -0.39 is 17.6 Å². The number of hydrogen-bond acceptors (Lipinski definition) is 1. The maximum atomic E-state index is 13.3. The fourth-order valence-electron chi connectivity index (χ4n) is 1.91. The monoisotopic (exact) mass is 374 g/mol. The lowest BCUT2D eigenvalue weighted by atomic mass is 9.92. The van der Waals surface area contributed by atoms with Crippen LogP contribution in [-0.2, 0) is 5.60 Å². The van der Waals surface area contributed by atoms with E-state index in [0.717, 1.165) is 12.1 Å². The van der Waals surface area contributed by atoms with Gasteiger partial charge in [-0.05, 0) is 41.5 Å². The number of aliphatic hydroxyl groups is 1. The summed E-state index contributed by atoms with van der Waals surface area (Å²) in [4.78, 5) is 0. The van der Waals surface area contributed by atoms with Gasteiger partial charge in [0, 0.05) is 4.47 Å². The van der Waals surface area contributed by atoms with Gasteiger partial charge in [0.25, 0.3) is 0 Å². The van der Waals surface area contributed by atoms with E-state index in [4.69, 9.17) is 0 Å². The first-order valence-corrected chi connectivity index (χ1v) is 7.01. The highest BCUT2D eigenvalue weighted by Crippen LogP contribution is 2.41. The van der Waals surface area contributed by atoms with Crippen LogP contribution in [0.3, 0.4) is 0 Å². The summed E-state index contributed by atoms with van der Waals surface area (Å²) in [6.07, 6.45) is -3.27. The average molecular weight is 375 g/mol. The van der Waals surface area contributed by atoms with Crippen LogP contribution in [-0.4, -0.2) is 11.3 Å². The first kappa shape index (κ1) is 16.7. The standard InChI is InChI=1S/C16H11BrF4O/c17-13-5-2-4-12(10-13)15(22,16(19,20)21)8-7-11-3-1-6-14(18)9-11/h1-10,22H. The molecule has 1 N–H and O–H groups in total. The van der Waals surface area contributed by atoms with Gasteiger partial charge in [-0.3, -0.25) is 0 Å². The van der Waals surface area contributed by atoms with E-state index in [0.29, 0.717) is 10.5 Å². The first-order chi connectivity index (χ1) is 10.2. The zero-order chi connectivity index (χ0) is 16.4. The number of halogens is 5. The lowest BCUT2D eigenvalue weighted by molar-refractivity contribution is -0.244. The highest BCUT2D eigenvalue weighted by Gasteiger charge is 2.53. The summed E-state index contributed by atoms with van der Waals surface area (Å²) in [5.74, 6) is -0.569. The Bertz CT molecular complexity index is 697. The summed E-state index contributed by atoms with van der Waals surface area (Å²) in [6.45, 7) is 0. The third-order valence-corrected chi connectivity index (χ3v) is 3.56. The van der Waals surface area contributed by atoms with Crippen LogP contribution in [0.5, 0.6) is 0 Å². The molecule has 0 aliphatic rings. The summed E-state index contributed by atoms with van der Waals surface area (Å²) >= 11 is 3.07. The van der Waals surface area contributed by atoms with Crippen molar-refractivity contribution in [2.24, 2.45) is 0 Å². The van der Waals surface area contributed by atoms with Crippen molar-refractivity contribution in [3.05, 3.63) is 76.0 Å². The van der Waals surface area contributed by atoms with Crippen LogP contribution in [0.4, 0.5) is 17.6 Å². The second kappa shape index (κ2) is 6.22. The molecule has 0 aliphatic heterocycles. The van der Waals surface area contributed by atoms with Crippen molar-refractivity contribution < 1.29 is 22.7 Å². The molecule has 1 unspecified atom stereocenters. The molecule has 0 saturated carbocycles. The Morgan fingerprint density at radius 3 is 2.27 bits per heavy atom. The fraction of sp³-hybridized carbons (Fsp3) is 0.125. The molecule has 0 saturated heterocycles. The lowest BCUT2D eigenvalue weighted by Gasteiger charge is -2.28. The predicted octanol–water partition coefficient (Wildman–Crippen LogP) is 5.05. The van der Waals surface area contributed by atoms with Crippen molar-refractivity contribution in [3.63, 3.8) is 0 Å². The highest BCUT2D eigenvalue weighted by molar-refractivity contribution is 9.10. The van der Waals surface area contributed by atoms with Crippen LogP contribution < -0.4 is 0 Å². The molecule has 116 valence electrons. The summed E-state index contributed by atoms with van der Waals surface area (Å²) < 4.78 is 53.4. The van der Waals surface area contributed by atoms with E-state index in [1.54, 1.807) is 6.07 Å². The Labute approximate surface area is 133 Å². The SMILES string of the molecule is OC(C=Cc1cccc(F)c1)(c1cccc(Br)c1)C(F)(F)F. The molecule has 22 heavy (non-hydrogen) atoms. The van der Waals surface area contributed by atoms with E-state index in [9.17, 15) is 22.7 Å². The van der Waals surface area contributed by atoms with Gasteiger partial charge in [0.2, 0.25) is 5.60 Å². The zero-order valence-corrected chi connectivity index (χ0v) is 12.7. The number of benzene rings is 2. The molecule has 0 amide bonds.